The fourth-order valence-electron chi connectivity index (χ4n) is 2.94. The number of rotatable bonds is 8. The molecule has 6 heteroatoms. The summed E-state index contributed by atoms with van der Waals surface area (Å²) >= 11 is 1.40. The number of nitriles is 1. The number of hydrogen-bond acceptors (Lipinski definition) is 3. The standard InChI is InChI=1S/C20H20FN3OS/c21-17-6-2-1-5-15(17)13-24(16-9-10-16)14-20(25)23-18-7-3-4-8-19(18)26-12-11-22/h1-8,16H,9-10,12-14H2,(H,23,25)/p+1. The van der Waals surface area contributed by atoms with Crippen LogP contribution in [0.5, 0.6) is 0 Å². The predicted octanol–water partition coefficient (Wildman–Crippen LogP) is 2.63. The van der Waals surface area contributed by atoms with Gasteiger partial charge in [-0.05, 0) is 18.2 Å². The average Bonchev–Trinajstić information content (AvgIpc) is 3.47. The minimum Gasteiger partial charge on any atom is -0.321 e. The highest BCUT2D eigenvalue weighted by Crippen LogP contribution is 2.26. The van der Waals surface area contributed by atoms with E-state index in [1.165, 1.54) is 17.8 Å². The Balaban J connectivity index is 1.64. The Bertz CT molecular complexity index is 817. The van der Waals surface area contributed by atoms with Crippen molar-refractivity contribution in [3.05, 3.63) is 59.9 Å². The molecule has 1 saturated carbocycles. The van der Waals surface area contributed by atoms with Crippen LogP contribution in [0.2, 0.25) is 0 Å². The van der Waals surface area contributed by atoms with Gasteiger partial charge in [-0.25, -0.2) is 4.39 Å². The van der Waals surface area contributed by atoms with Crippen LogP contribution in [0.3, 0.4) is 0 Å². The summed E-state index contributed by atoms with van der Waals surface area (Å²) in [5.74, 6) is 0.0251. The Kier molecular flexibility index (Phi) is 6.26. The van der Waals surface area contributed by atoms with Gasteiger partial charge in [0, 0.05) is 23.3 Å². The number of amides is 1. The summed E-state index contributed by atoms with van der Waals surface area (Å²) < 4.78 is 13.9. The molecule has 0 aliphatic heterocycles. The number of quaternary nitrogens is 1. The number of anilines is 1. The first-order valence-electron chi connectivity index (χ1n) is 8.64. The zero-order chi connectivity index (χ0) is 18.4. The van der Waals surface area contributed by atoms with Crippen LogP contribution in [0, 0.1) is 17.1 Å². The quantitative estimate of drug-likeness (QED) is 0.703. The molecule has 26 heavy (non-hydrogen) atoms. The fourth-order valence-corrected chi connectivity index (χ4v) is 3.60. The third kappa shape index (κ3) is 5.07. The molecule has 1 fully saturated rings. The van der Waals surface area contributed by atoms with Crippen molar-refractivity contribution in [3.8, 4) is 6.07 Å². The van der Waals surface area contributed by atoms with Crippen LogP contribution in [-0.2, 0) is 11.3 Å². The van der Waals surface area contributed by atoms with E-state index in [4.69, 9.17) is 5.26 Å². The van der Waals surface area contributed by atoms with Crippen molar-refractivity contribution in [2.75, 3.05) is 17.6 Å². The number of carbonyl (C=O) groups is 1. The molecule has 0 radical (unpaired) electrons. The lowest BCUT2D eigenvalue weighted by Crippen LogP contribution is -3.13. The largest absolute Gasteiger partial charge is 0.321 e. The van der Waals surface area contributed by atoms with Gasteiger partial charge >= 0.3 is 0 Å². The van der Waals surface area contributed by atoms with E-state index in [1.54, 1.807) is 12.1 Å². The SMILES string of the molecule is N#CCSc1ccccc1NC(=O)C[NH+](Cc1ccccc1F)C1CC1. The van der Waals surface area contributed by atoms with Gasteiger partial charge < -0.3 is 10.2 Å². The molecule has 2 aromatic carbocycles. The van der Waals surface area contributed by atoms with E-state index >= 15 is 0 Å². The number of hydrogen-bond donors (Lipinski definition) is 2. The highest BCUT2D eigenvalue weighted by molar-refractivity contribution is 7.99. The second kappa shape index (κ2) is 8.84. The number of nitrogens with zero attached hydrogens (tertiary/aromatic N) is 1. The molecule has 0 bridgehead atoms. The van der Waals surface area contributed by atoms with Crippen molar-refractivity contribution in [1.29, 1.82) is 5.26 Å². The Morgan fingerprint density at radius 2 is 1.96 bits per heavy atom. The lowest BCUT2D eigenvalue weighted by atomic mass is 10.2. The molecule has 3 rings (SSSR count). The van der Waals surface area contributed by atoms with E-state index in [0.29, 0.717) is 30.4 Å². The summed E-state index contributed by atoms with van der Waals surface area (Å²) in [6.45, 7) is 0.811. The molecule has 4 nitrogen and oxygen atoms in total. The number of halogens is 1. The third-order valence-electron chi connectivity index (χ3n) is 4.37. The monoisotopic (exact) mass is 370 g/mol. The molecule has 1 atom stereocenters. The molecule has 1 amide bonds. The van der Waals surface area contributed by atoms with Crippen LogP contribution in [0.4, 0.5) is 10.1 Å². The van der Waals surface area contributed by atoms with Crippen LogP contribution >= 0.6 is 11.8 Å². The molecule has 0 saturated heterocycles. The van der Waals surface area contributed by atoms with E-state index in [-0.39, 0.29) is 11.7 Å². The molecule has 2 aromatic rings. The van der Waals surface area contributed by atoms with Crippen LogP contribution in [0.1, 0.15) is 18.4 Å². The molecular weight excluding hydrogens is 349 g/mol. The number of nitrogens with one attached hydrogen (secondary N) is 2. The lowest BCUT2D eigenvalue weighted by molar-refractivity contribution is -0.917. The van der Waals surface area contributed by atoms with Crippen LogP contribution in [0.15, 0.2) is 53.4 Å². The zero-order valence-corrected chi connectivity index (χ0v) is 15.2. The van der Waals surface area contributed by atoms with Gasteiger partial charge in [-0.15, -0.1) is 11.8 Å². The first kappa shape index (κ1) is 18.4. The van der Waals surface area contributed by atoms with Crippen molar-refractivity contribution >= 4 is 23.4 Å². The van der Waals surface area contributed by atoms with E-state index in [2.05, 4.69) is 11.4 Å². The Morgan fingerprint density at radius 1 is 1.23 bits per heavy atom. The van der Waals surface area contributed by atoms with Gasteiger partial charge in [0.25, 0.3) is 5.91 Å². The van der Waals surface area contributed by atoms with E-state index in [1.807, 2.05) is 30.3 Å². The van der Waals surface area contributed by atoms with Crippen molar-refractivity contribution in [2.45, 2.75) is 30.3 Å². The van der Waals surface area contributed by atoms with Crippen LogP contribution in [0.25, 0.3) is 0 Å². The average molecular weight is 370 g/mol. The van der Waals surface area contributed by atoms with Crippen molar-refractivity contribution < 1.29 is 14.1 Å². The lowest BCUT2D eigenvalue weighted by Gasteiger charge is -2.19. The number of thioether (sulfide) groups is 1. The summed E-state index contributed by atoms with van der Waals surface area (Å²) in [6, 6.07) is 16.7. The highest BCUT2D eigenvalue weighted by Gasteiger charge is 2.35. The molecule has 1 aliphatic carbocycles. The maximum absolute atomic E-state index is 13.9. The van der Waals surface area contributed by atoms with Gasteiger partial charge in [0.1, 0.15) is 12.4 Å². The fraction of sp³-hybridized carbons (Fsp3) is 0.300. The molecular formula is C20H21FN3OS+. The van der Waals surface area contributed by atoms with Gasteiger partial charge in [0.2, 0.25) is 0 Å². The number of carbonyl (C=O) groups excluding carboxylic acids is 1. The Morgan fingerprint density at radius 3 is 2.69 bits per heavy atom. The minimum absolute atomic E-state index is 0.0896. The Hall–Kier alpha value is -2.36. The van der Waals surface area contributed by atoms with E-state index in [9.17, 15) is 9.18 Å². The molecule has 1 unspecified atom stereocenters. The molecule has 0 aromatic heterocycles. The second-order valence-electron chi connectivity index (χ2n) is 6.37. The second-order valence-corrected chi connectivity index (χ2v) is 7.39. The van der Waals surface area contributed by atoms with Gasteiger partial charge in [-0.1, -0.05) is 30.3 Å². The summed E-state index contributed by atoms with van der Waals surface area (Å²) in [5, 5.41) is 11.7. The normalized spacial score (nSPS) is 14.5. The van der Waals surface area contributed by atoms with Gasteiger partial charge in [0.15, 0.2) is 6.54 Å². The van der Waals surface area contributed by atoms with Gasteiger partial charge in [-0.3, -0.25) is 4.79 Å². The Labute approximate surface area is 157 Å². The van der Waals surface area contributed by atoms with E-state index in [0.717, 1.165) is 28.3 Å². The summed E-state index contributed by atoms with van der Waals surface area (Å²) in [5.41, 5.74) is 1.37. The van der Waals surface area contributed by atoms with Crippen molar-refractivity contribution in [3.63, 3.8) is 0 Å². The van der Waals surface area contributed by atoms with Gasteiger partial charge in [-0.2, -0.15) is 5.26 Å². The topological polar surface area (TPSA) is 57.3 Å². The molecule has 0 heterocycles. The molecule has 134 valence electrons. The summed E-state index contributed by atoms with van der Waals surface area (Å²) in [4.78, 5) is 14.5. The maximum atomic E-state index is 13.9. The number of benzene rings is 2. The first-order valence-corrected chi connectivity index (χ1v) is 9.62. The zero-order valence-electron chi connectivity index (χ0n) is 14.4. The van der Waals surface area contributed by atoms with Gasteiger partial charge in [0.05, 0.1) is 23.6 Å². The molecule has 0 spiro atoms. The number of para-hydroxylation sites is 1. The molecule has 1 aliphatic rings. The molecule has 2 N–H and O–H groups in total. The first-order chi connectivity index (χ1) is 12.7. The van der Waals surface area contributed by atoms with Crippen molar-refractivity contribution in [1.82, 2.24) is 0 Å². The summed E-state index contributed by atoms with van der Waals surface area (Å²) in [7, 11) is 0. The van der Waals surface area contributed by atoms with Crippen molar-refractivity contribution in [2.24, 2.45) is 0 Å². The van der Waals surface area contributed by atoms with E-state index < -0.39 is 0 Å². The minimum atomic E-state index is -0.218. The maximum Gasteiger partial charge on any atom is 0.279 e. The summed E-state index contributed by atoms with van der Waals surface area (Å²) in [6.07, 6.45) is 2.15. The smallest absolute Gasteiger partial charge is 0.279 e. The highest BCUT2D eigenvalue weighted by atomic mass is 32.2. The van der Waals surface area contributed by atoms with Crippen LogP contribution < -0.4 is 10.2 Å². The predicted molar refractivity (Wildman–Crippen MR) is 100 cm³/mol. The van der Waals surface area contributed by atoms with Crippen LogP contribution in [-0.4, -0.2) is 24.2 Å². The third-order valence-corrected chi connectivity index (χ3v) is 5.31.